The molecule has 1 amide bonds. The average molecular weight is 627 g/mol. The fourth-order valence-electron chi connectivity index (χ4n) is 4.89. The minimum absolute atomic E-state index is 0.0187. The van der Waals surface area contributed by atoms with Crippen LogP contribution in [0.1, 0.15) is 12.8 Å². The Kier molecular flexibility index (Phi) is 8.18. The van der Waals surface area contributed by atoms with Gasteiger partial charge in [0.1, 0.15) is 0 Å². The number of amides is 1. The van der Waals surface area contributed by atoms with Gasteiger partial charge in [0.25, 0.3) is 0 Å². The van der Waals surface area contributed by atoms with Crippen LogP contribution in [0.4, 0.5) is 11.6 Å². The number of hydrogen-bond acceptors (Lipinski definition) is 7. The quantitative estimate of drug-likeness (QED) is 0.250. The summed E-state index contributed by atoms with van der Waals surface area (Å²) >= 11 is 5.52. The number of anilines is 2. The molecule has 2 aromatic heterocycles. The molecule has 196 valence electrons. The molecule has 0 spiro atoms. The molecule has 0 unspecified atom stereocenters. The molecule has 4 aromatic rings. The number of halogens is 1. The number of benzene rings is 2. The van der Waals surface area contributed by atoms with Gasteiger partial charge in [0.2, 0.25) is 0 Å². The van der Waals surface area contributed by atoms with E-state index in [2.05, 4.69) is 63.7 Å². The molecule has 0 saturated carbocycles. The Hall–Kier alpha value is -2.16. The van der Waals surface area contributed by atoms with Gasteiger partial charge in [-0.1, -0.05) is 29.8 Å². The van der Waals surface area contributed by atoms with Gasteiger partial charge in [-0.15, -0.1) is 0 Å². The summed E-state index contributed by atoms with van der Waals surface area (Å²) in [7, 11) is 4.26. The monoisotopic (exact) mass is 626 g/mol. The van der Waals surface area contributed by atoms with Gasteiger partial charge in [0.05, 0.1) is 16.9 Å². The summed E-state index contributed by atoms with van der Waals surface area (Å²) in [5.41, 5.74) is 3.56. The molecule has 2 fully saturated rings. The molecule has 2 aromatic carbocycles. The number of nitrogens with one attached hydrogen (secondary N) is 3. The molecule has 0 bridgehead atoms. The van der Waals surface area contributed by atoms with E-state index in [0.29, 0.717) is 23.2 Å². The fourth-order valence-corrected chi connectivity index (χ4v) is 19.2. The van der Waals surface area contributed by atoms with Crippen LogP contribution in [-0.2, 0) is 4.79 Å². The van der Waals surface area contributed by atoms with Crippen molar-refractivity contribution in [2.45, 2.75) is 18.9 Å². The number of rotatable bonds is 7. The van der Waals surface area contributed by atoms with Gasteiger partial charge in [0, 0.05) is 22.7 Å². The van der Waals surface area contributed by atoms with Crippen LogP contribution in [0.15, 0.2) is 60.9 Å². The summed E-state index contributed by atoms with van der Waals surface area (Å²) in [6.07, 6.45) is 5.59. The van der Waals surface area contributed by atoms with E-state index in [4.69, 9.17) is 16.6 Å². The van der Waals surface area contributed by atoms with Crippen LogP contribution < -0.4 is 15.0 Å². The van der Waals surface area contributed by atoms with E-state index < -0.39 is 12.3 Å². The first kappa shape index (κ1) is 26.1. The number of hydrogen-bond donors (Lipinski definition) is 3. The Morgan fingerprint density at radius 1 is 1.16 bits per heavy atom. The molecule has 11 heteroatoms. The molecule has 2 aliphatic rings. The Bertz CT molecular complexity index is 1430. The van der Waals surface area contributed by atoms with Crippen LogP contribution in [-0.4, -0.2) is 75.3 Å². The third-order valence-corrected chi connectivity index (χ3v) is 20.7. The fraction of sp³-hybridized carbons (Fsp3) is 0.296. The van der Waals surface area contributed by atoms with E-state index in [1.54, 1.807) is 6.20 Å². The van der Waals surface area contributed by atoms with Crippen molar-refractivity contribution >= 4 is 76.8 Å². The second-order valence-corrected chi connectivity index (χ2v) is 21.5. The van der Waals surface area contributed by atoms with Crippen molar-refractivity contribution in [3.63, 3.8) is 0 Å². The summed E-state index contributed by atoms with van der Waals surface area (Å²) in [6, 6.07) is 16.7. The molecule has 3 N–H and O–H groups in total. The number of fused-ring (bicyclic) bond motifs is 1. The summed E-state index contributed by atoms with van der Waals surface area (Å²) < 4.78 is 1.46. The maximum atomic E-state index is 12.8. The van der Waals surface area contributed by atoms with Crippen LogP contribution in [0.3, 0.4) is 0 Å². The third-order valence-electron chi connectivity index (χ3n) is 6.66. The zero-order valence-electron chi connectivity index (χ0n) is 20.7. The van der Waals surface area contributed by atoms with Crippen LogP contribution in [0.2, 0.25) is 5.02 Å². The maximum absolute atomic E-state index is 12.8. The number of piperidine rings is 1. The zero-order valence-corrected chi connectivity index (χ0v) is 25.0. The molecule has 4 heterocycles. The predicted molar refractivity (Wildman–Crippen MR) is 163 cm³/mol. The van der Waals surface area contributed by atoms with Crippen LogP contribution in [0, 0.1) is 0 Å². The van der Waals surface area contributed by atoms with Gasteiger partial charge in [-0.05, 0) is 6.07 Å². The van der Waals surface area contributed by atoms with Crippen LogP contribution in [0.25, 0.3) is 22.2 Å². The second kappa shape index (κ2) is 11.9. The number of carbonyl (C=O) groups is 1. The Morgan fingerprint density at radius 2 is 1.97 bits per heavy atom. The molecule has 1 atom stereocenters. The molecule has 0 radical (unpaired) electrons. The Labute approximate surface area is 238 Å². The molecular weight excluding hydrogens is 599 g/mol. The van der Waals surface area contributed by atoms with Gasteiger partial charge in [-0.25, -0.2) is 9.97 Å². The van der Waals surface area contributed by atoms with Gasteiger partial charge >= 0.3 is 149 Å². The van der Waals surface area contributed by atoms with Crippen molar-refractivity contribution in [3.8, 4) is 11.3 Å². The van der Waals surface area contributed by atoms with E-state index in [1.807, 2.05) is 36.5 Å². The number of nitrogens with zero attached hydrogens (tertiary/aromatic N) is 3. The Morgan fingerprint density at radius 3 is 2.82 bits per heavy atom. The number of para-hydroxylation sites is 1. The number of H-pyrrole nitrogens is 1. The van der Waals surface area contributed by atoms with Crippen LogP contribution >= 0.6 is 31.6 Å². The van der Waals surface area contributed by atoms with Crippen molar-refractivity contribution in [1.29, 1.82) is 0 Å². The minimum atomic E-state index is -0.980. The molecule has 38 heavy (non-hydrogen) atoms. The normalized spacial score (nSPS) is 18.6. The summed E-state index contributed by atoms with van der Waals surface area (Å²) in [4.78, 5) is 27.5. The first-order chi connectivity index (χ1) is 18.6. The van der Waals surface area contributed by atoms with E-state index in [0.717, 1.165) is 48.1 Å². The standard InChI is InChI=1S/C27H28AsClN6OS2/c29-23-15-31-27(34-26(23)22-14-30-24-6-2-1-5-21(22)24)33-20-4-3-11-35(16-20)17-25(36)32-19-9-7-18(8-10-19)28-37-12-13-38-28/h1-2,5-10,14-15,20,30H,3-4,11-13,16-17H2,(H,32,36)(H,31,33,34)/t20-/m1/s1. The van der Waals surface area contributed by atoms with Gasteiger partial charge < -0.3 is 4.98 Å². The van der Waals surface area contributed by atoms with Gasteiger partial charge in [-0.3, -0.25) is 0 Å². The van der Waals surface area contributed by atoms with Gasteiger partial charge in [0.15, 0.2) is 0 Å². The molecule has 2 aliphatic heterocycles. The summed E-state index contributed by atoms with van der Waals surface area (Å²) in [6.45, 7) is 2.02. The van der Waals surface area contributed by atoms with Gasteiger partial charge in [-0.2, -0.15) is 0 Å². The average Bonchev–Trinajstić information content (AvgIpc) is 3.61. The number of carbonyl (C=O) groups excluding carboxylic acids is 1. The van der Waals surface area contributed by atoms with E-state index >= 15 is 0 Å². The number of aromatic nitrogens is 3. The third kappa shape index (κ3) is 6.02. The number of likely N-dealkylation sites (tertiary alicyclic amines) is 1. The second-order valence-electron chi connectivity index (χ2n) is 9.38. The summed E-state index contributed by atoms with van der Waals surface area (Å²) in [5, 5.41) is 8.14. The van der Waals surface area contributed by atoms with Crippen molar-refractivity contribution in [2.24, 2.45) is 0 Å². The Balaban J connectivity index is 1.06. The first-order valence-corrected chi connectivity index (χ1v) is 20.5. The van der Waals surface area contributed by atoms with Crippen molar-refractivity contribution in [3.05, 3.63) is 65.9 Å². The van der Waals surface area contributed by atoms with E-state index in [1.165, 1.54) is 15.9 Å². The molecule has 6 rings (SSSR count). The predicted octanol–water partition coefficient (Wildman–Crippen LogP) is 4.97. The van der Waals surface area contributed by atoms with E-state index in [9.17, 15) is 4.79 Å². The molecule has 2 saturated heterocycles. The van der Waals surface area contributed by atoms with E-state index in [-0.39, 0.29) is 11.9 Å². The SMILES string of the molecule is O=C(CN1CCC[C@@H](Nc2ncc(Cl)c(-c3c[nH]c4ccccc34)n2)C1)Nc1ccc([As]2SCCS2)cc1. The number of aromatic amines is 1. The van der Waals surface area contributed by atoms with Crippen molar-refractivity contribution < 1.29 is 4.79 Å². The van der Waals surface area contributed by atoms with Crippen molar-refractivity contribution in [2.75, 3.05) is 41.8 Å². The van der Waals surface area contributed by atoms with Crippen molar-refractivity contribution in [1.82, 2.24) is 19.9 Å². The molecule has 7 nitrogen and oxygen atoms in total. The topological polar surface area (TPSA) is 85.9 Å². The molecular formula is C27H28AsClN6OS2. The molecule has 0 aliphatic carbocycles. The van der Waals surface area contributed by atoms with Crippen LogP contribution in [0.5, 0.6) is 0 Å². The zero-order chi connectivity index (χ0) is 25.9. The summed E-state index contributed by atoms with van der Waals surface area (Å²) in [5.74, 6) is 3.10. The first-order valence-electron chi connectivity index (χ1n) is 12.7.